The molecule has 0 amide bonds. The molecule has 1 rings (SSSR count). The Bertz CT molecular complexity index is 321. The van der Waals surface area contributed by atoms with Crippen LogP contribution in [0.4, 0.5) is 13.2 Å². The zero-order chi connectivity index (χ0) is 12.0. The van der Waals surface area contributed by atoms with Crippen LogP contribution in [0.25, 0.3) is 0 Å². The van der Waals surface area contributed by atoms with Crippen molar-refractivity contribution in [2.45, 2.75) is 19.4 Å². The lowest BCUT2D eigenvalue weighted by Crippen LogP contribution is -2.15. The zero-order valence-corrected chi connectivity index (χ0v) is 8.77. The first kappa shape index (κ1) is 13.0. The molecule has 0 fully saturated rings. The molecule has 0 heterocycles. The largest absolute Gasteiger partial charge is 0.396 e. The molecule has 2 N–H and O–H groups in total. The molecule has 0 aliphatic carbocycles. The third kappa shape index (κ3) is 3.83. The molecule has 0 saturated carbocycles. The fourth-order valence-electron chi connectivity index (χ4n) is 1.30. The zero-order valence-electron chi connectivity index (χ0n) is 8.77. The third-order valence-corrected chi connectivity index (χ3v) is 2.13. The SMILES string of the molecule is OCCCCNCc1cc(F)c(F)c(F)c1. The number of benzene rings is 1. The first-order chi connectivity index (χ1) is 7.65. The summed E-state index contributed by atoms with van der Waals surface area (Å²) in [6.07, 6.45) is 1.46. The van der Waals surface area contributed by atoms with E-state index in [-0.39, 0.29) is 13.2 Å². The second-order valence-corrected chi connectivity index (χ2v) is 3.48. The number of hydrogen-bond donors (Lipinski definition) is 2. The van der Waals surface area contributed by atoms with Crippen LogP contribution in [0.3, 0.4) is 0 Å². The highest BCUT2D eigenvalue weighted by molar-refractivity contribution is 5.19. The molecule has 2 nitrogen and oxygen atoms in total. The Morgan fingerprint density at radius 3 is 2.25 bits per heavy atom. The van der Waals surface area contributed by atoms with Crippen LogP contribution in [0.15, 0.2) is 12.1 Å². The topological polar surface area (TPSA) is 32.3 Å². The van der Waals surface area contributed by atoms with E-state index >= 15 is 0 Å². The lowest BCUT2D eigenvalue weighted by atomic mass is 10.2. The maximum atomic E-state index is 12.8. The van der Waals surface area contributed by atoms with Gasteiger partial charge in [0.05, 0.1) is 0 Å². The van der Waals surface area contributed by atoms with E-state index in [4.69, 9.17) is 5.11 Å². The van der Waals surface area contributed by atoms with Gasteiger partial charge in [-0.2, -0.15) is 0 Å². The predicted molar refractivity (Wildman–Crippen MR) is 54.3 cm³/mol. The molecule has 90 valence electrons. The van der Waals surface area contributed by atoms with E-state index in [1.807, 2.05) is 0 Å². The summed E-state index contributed by atoms with van der Waals surface area (Å²) < 4.78 is 38.2. The second-order valence-electron chi connectivity index (χ2n) is 3.48. The van der Waals surface area contributed by atoms with Gasteiger partial charge in [-0.1, -0.05) is 0 Å². The van der Waals surface area contributed by atoms with E-state index in [1.165, 1.54) is 0 Å². The van der Waals surface area contributed by atoms with Crippen LogP contribution in [-0.2, 0) is 6.54 Å². The Morgan fingerprint density at radius 2 is 1.69 bits per heavy atom. The van der Waals surface area contributed by atoms with Gasteiger partial charge in [0.25, 0.3) is 0 Å². The van der Waals surface area contributed by atoms with Crippen molar-refractivity contribution in [3.8, 4) is 0 Å². The summed E-state index contributed by atoms with van der Waals surface area (Å²) in [6, 6.07) is 1.94. The number of rotatable bonds is 6. The first-order valence-corrected chi connectivity index (χ1v) is 5.10. The average Bonchev–Trinajstić information content (AvgIpc) is 2.25. The van der Waals surface area contributed by atoms with Crippen molar-refractivity contribution < 1.29 is 18.3 Å². The van der Waals surface area contributed by atoms with Crippen molar-refractivity contribution in [2.75, 3.05) is 13.2 Å². The van der Waals surface area contributed by atoms with Crippen molar-refractivity contribution in [3.63, 3.8) is 0 Å². The van der Waals surface area contributed by atoms with E-state index < -0.39 is 17.5 Å². The molecule has 0 aliphatic rings. The Kier molecular flexibility index (Phi) is 5.28. The normalized spacial score (nSPS) is 10.8. The smallest absolute Gasteiger partial charge is 0.194 e. The maximum Gasteiger partial charge on any atom is 0.194 e. The fraction of sp³-hybridized carbons (Fsp3) is 0.455. The summed E-state index contributed by atoms with van der Waals surface area (Å²) in [4.78, 5) is 0. The molecular weight excluding hydrogens is 219 g/mol. The van der Waals surface area contributed by atoms with E-state index in [0.717, 1.165) is 18.6 Å². The molecule has 0 saturated heterocycles. The molecule has 0 unspecified atom stereocenters. The number of aliphatic hydroxyl groups excluding tert-OH is 1. The lowest BCUT2D eigenvalue weighted by molar-refractivity contribution is 0.283. The van der Waals surface area contributed by atoms with E-state index in [2.05, 4.69) is 5.32 Å². The Morgan fingerprint density at radius 1 is 1.06 bits per heavy atom. The molecule has 5 heteroatoms. The summed E-state index contributed by atoms with van der Waals surface area (Å²) in [5, 5.41) is 11.5. The molecule has 1 aromatic carbocycles. The van der Waals surface area contributed by atoms with Crippen LogP contribution < -0.4 is 5.32 Å². The number of nitrogens with one attached hydrogen (secondary N) is 1. The summed E-state index contributed by atoms with van der Waals surface area (Å²) in [5.41, 5.74) is 0.361. The minimum absolute atomic E-state index is 0.126. The number of hydrogen-bond acceptors (Lipinski definition) is 2. The quantitative estimate of drug-likeness (QED) is 0.581. The second kappa shape index (κ2) is 6.50. The van der Waals surface area contributed by atoms with E-state index in [9.17, 15) is 13.2 Å². The monoisotopic (exact) mass is 233 g/mol. The minimum atomic E-state index is -1.44. The summed E-state index contributed by atoms with van der Waals surface area (Å²) in [5.74, 6) is -3.79. The minimum Gasteiger partial charge on any atom is -0.396 e. The van der Waals surface area contributed by atoms with Gasteiger partial charge in [-0.25, -0.2) is 13.2 Å². The summed E-state index contributed by atoms with van der Waals surface area (Å²) in [7, 11) is 0. The van der Waals surface area contributed by atoms with Crippen molar-refractivity contribution in [2.24, 2.45) is 0 Å². The lowest BCUT2D eigenvalue weighted by Gasteiger charge is -2.05. The number of unbranched alkanes of at least 4 members (excludes halogenated alkanes) is 1. The number of halogens is 3. The first-order valence-electron chi connectivity index (χ1n) is 5.10. The molecule has 16 heavy (non-hydrogen) atoms. The maximum absolute atomic E-state index is 12.8. The Hall–Kier alpha value is -1.07. The van der Waals surface area contributed by atoms with Gasteiger partial charge in [0, 0.05) is 13.2 Å². The predicted octanol–water partition coefficient (Wildman–Crippen LogP) is 1.97. The van der Waals surface area contributed by atoms with Gasteiger partial charge < -0.3 is 10.4 Å². The van der Waals surface area contributed by atoms with Crippen LogP contribution in [0.5, 0.6) is 0 Å². The van der Waals surface area contributed by atoms with Crippen LogP contribution in [-0.4, -0.2) is 18.3 Å². The molecule has 0 aromatic heterocycles. The van der Waals surface area contributed by atoms with Crippen LogP contribution in [0.1, 0.15) is 18.4 Å². The molecule has 0 bridgehead atoms. The molecule has 0 spiro atoms. The summed E-state index contributed by atoms with van der Waals surface area (Å²) in [6.45, 7) is 1.04. The van der Waals surface area contributed by atoms with Crippen molar-refractivity contribution in [1.82, 2.24) is 5.32 Å². The molecular formula is C11H14F3NO. The van der Waals surface area contributed by atoms with E-state index in [0.29, 0.717) is 18.5 Å². The Balaban J connectivity index is 2.43. The van der Waals surface area contributed by atoms with Gasteiger partial charge >= 0.3 is 0 Å². The number of aliphatic hydroxyl groups is 1. The van der Waals surface area contributed by atoms with Gasteiger partial charge in [0.2, 0.25) is 0 Å². The van der Waals surface area contributed by atoms with Crippen LogP contribution in [0, 0.1) is 17.5 Å². The molecule has 0 aliphatic heterocycles. The van der Waals surface area contributed by atoms with Crippen molar-refractivity contribution in [1.29, 1.82) is 0 Å². The van der Waals surface area contributed by atoms with Gasteiger partial charge in [-0.05, 0) is 37.1 Å². The highest BCUT2D eigenvalue weighted by Crippen LogP contribution is 2.13. The van der Waals surface area contributed by atoms with Gasteiger partial charge in [0.1, 0.15) is 0 Å². The summed E-state index contributed by atoms with van der Waals surface area (Å²) >= 11 is 0. The van der Waals surface area contributed by atoms with Gasteiger partial charge in [0.15, 0.2) is 17.5 Å². The van der Waals surface area contributed by atoms with E-state index in [1.54, 1.807) is 0 Å². The molecule has 0 atom stereocenters. The average molecular weight is 233 g/mol. The van der Waals surface area contributed by atoms with Crippen LogP contribution in [0.2, 0.25) is 0 Å². The van der Waals surface area contributed by atoms with Crippen molar-refractivity contribution in [3.05, 3.63) is 35.1 Å². The van der Waals surface area contributed by atoms with Gasteiger partial charge in [-0.3, -0.25) is 0 Å². The van der Waals surface area contributed by atoms with Crippen LogP contribution >= 0.6 is 0 Å². The fourth-order valence-corrected chi connectivity index (χ4v) is 1.30. The molecule has 0 radical (unpaired) electrons. The third-order valence-electron chi connectivity index (χ3n) is 2.13. The highest BCUT2D eigenvalue weighted by Gasteiger charge is 2.09. The Labute approximate surface area is 92.1 Å². The highest BCUT2D eigenvalue weighted by atomic mass is 19.2. The standard InChI is InChI=1S/C11H14F3NO/c12-9-5-8(6-10(13)11(9)14)7-15-3-1-2-4-16/h5-6,15-16H,1-4,7H2. The van der Waals surface area contributed by atoms with Gasteiger partial charge in [-0.15, -0.1) is 0 Å². The van der Waals surface area contributed by atoms with Crippen molar-refractivity contribution >= 4 is 0 Å². The molecule has 1 aromatic rings.